The molecule has 1 aromatic carbocycles. The van der Waals surface area contributed by atoms with Crippen LogP contribution in [0, 0.1) is 0 Å². The Bertz CT molecular complexity index is 501. The molecule has 0 bridgehead atoms. The van der Waals surface area contributed by atoms with Crippen LogP contribution in [0.4, 0.5) is 15.3 Å². The normalized spacial score (nSPS) is 9.95. The van der Waals surface area contributed by atoms with E-state index in [-0.39, 0.29) is 12.5 Å². The molecule has 0 radical (unpaired) electrons. The first-order chi connectivity index (χ1) is 10.6. The van der Waals surface area contributed by atoms with Gasteiger partial charge in [-0.25, -0.2) is 9.59 Å². The minimum atomic E-state index is -0.612. The van der Waals surface area contributed by atoms with Gasteiger partial charge in [0.1, 0.15) is 12.4 Å². The zero-order chi connectivity index (χ0) is 16.4. The van der Waals surface area contributed by atoms with E-state index in [1.54, 1.807) is 29.2 Å². The average molecular weight is 394 g/mol. The van der Waals surface area contributed by atoms with Crippen LogP contribution in [0.25, 0.3) is 0 Å². The number of carbonyl (C=O) groups is 2. The van der Waals surface area contributed by atoms with Crippen LogP contribution in [0.15, 0.2) is 24.3 Å². The Balaban J connectivity index is 2.63. The molecule has 0 saturated carbocycles. The Kier molecular flexibility index (Phi) is 8.69. The van der Waals surface area contributed by atoms with Crippen molar-refractivity contribution in [3.63, 3.8) is 0 Å². The number of amides is 2. The molecule has 0 aliphatic carbocycles. The predicted molar refractivity (Wildman–Crippen MR) is 89.2 cm³/mol. The minimum Gasteiger partial charge on any atom is -0.448 e. The van der Waals surface area contributed by atoms with Gasteiger partial charge in [0.15, 0.2) is 0 Å². The molecule has 0 unspecified atom stereocenters. The molecule has 0 spiro atoms. The summed E-state index contributed by atoms with van der Waals surface area (Å²) in [6.45, 7) is 3.10. The van der Waals surface area contributed by atoms with Crippen LogP contribution in [0.2, 0.25) is 0 Å². The van der Waals surface area contributed by atoms with Crippen molar-refractivity contribution in [1.29, 1.82) is 0 Å². The van der Waals surface area contributed by atoms with Crippen LogP contribution in [0.5, 0.6) is 5.75 Å². The molecular weight excluding hydrogens is 376 g/mol. The second-order valence-corrected chi connectivity index (χ2v) is 5.29. The summed E-state index contributed by atoms with van der Waals surface area (Å²) in [5, 5.41) is 3.20. The van der Waals surface area contributed by atoms with E-state index in [0.717, 1.165) is 0 Å². The van der Waals surface area contributed by atoms with Crippen LogP contribution in [0.3, 0.4) is 0 Å². The highest BCUT2D eigenvalue weighted by atomic mass is 79.9. The number of ether oxygens (including phenoxy) is 2. The first kappa shape index (κ1) is 18.6. The van der Waals surface area contributed by atoms with E-state index in [2.05, 4.69) is 21.2 Å². The first-order valence-corrected chi connectivity index (χ1v) is 8.38. The molecule has 2 amide bonds. The van der Waals surface area contributed by atoms with Gasteiger partial charge in [-0.1, -0.05) is 22.0 Å². The molecule has 0 fully saturated rings. The molecule has 0 heterocycles. The van der Waals surface area contributed by atoms with Crippen molar-refractivity contribution < 1.29 is 19.1 Å². The largest absolute Gasteiger partial charge is 0.448 e. The molecule has 0 aliphatic heterocycles. The number of hydrogen-bond acceptors (Lipinski definition) is 4. The summed E-state index contributed by atoms with van der Waals surface area (Å²) < 4.78 is 10.1. The third kappa shape index (κ3) is 6.53. The number of anilines is 1. The summed E-state index contributed by atoms with van der Waals surface area (Å²) in [5.74, 6) is 0.569. The quantitative estimate of drug-likeness (QED) is 0.717. The molecule has 8 heteroatoms. The van der Waals surface area contributed by atoms with Crippen LogP contribution < -0.4 is 10.1 Å². The summed E-state index contributed by atoms with van der Waals surface area (Å²) in [6, 6.07) is 6.51. The fraction of sp³-hybridized carbons (Fsp3) is 0.429. The third-order valence-electron chi connectivity index (χ3n) is 2.59. The SMILES string of the molecule is CCN(CCBr)C(=O)Oc1cccc(NC(=O)OCCCl)c1. The zero-order valence-electron chi connectivity index (χ0n) is 12.2. The van der Waals surface area contributed by atoms with Crippen molar-refractivity contribution in [2.24, 2.45) is 0 Å². The number of alkyl halides is 2. The maximum absolute atomic E-state index is 12.0. The Hall–Kier alpha value is -1.47. The molecule has 0 aliphatic rings. The van der Waals surface area contributed by atoms with Crippen molar-refractivity contribution in [2.45, 2.75) is 6.92 Å². The van der Waals surface area contributed by atoms with E-state index >= 15 is 0 Å². The van der Waals surface area contributed by atoms with E-state index in [9.17, 15) is 9.59 Å². The second kappa shape index (κ2) is 10.3. The van der Waals surface area contributed by atoms with E-state index in [4.69, 9.17) is 21.1 Å². The molecule has 0 aromatic heterocycles. The maximum atomic E-state index is 12.0. The zero-order valence-corrected chi connectivity index (χ0v) is 14.5. The number of nitrogens with one attached hydrogen (secondary N) is 1. The Labute approximate surface area is 142 Å². The number of hydrogen-bond donors (Lipinski definition) is 1. The monoisotopic (exact) mass is 392 g/mol. The van der Waals surface area contributed by atoms with E-state index < -0.39 is 12.2 Å². The number of rotatable bonds is 7. The van der Waals surface area contributed by atoms with Crippen LogP contribution in [-0.4, -0.2) is 48.0 Å². The smallest absolute Gasteiger partial charge is 0.415 e. The molecule has 0 saturated heterocycles. The molecule has 6 nitrogen and oxygen atoms in total. The molecule has 122 valence electrons. The van der Waals surface area contributed by atoms with Gasteiger partial charge in [0, 0.05) is 30.2 Å². The highest BCUT2D eigenvalue weighted by molar-refractivity contribution is 9.09. The number of carbonyl (C=O) groups excluding carboxylic acids is 2. The fourth-order valence-corrected chi connectivity index (χ4v) is 2.07. The van der Waals surface area contributed by atoms with Gasteiger partial charge in [-0.3, -0.25) is 5.32 Å². The number of nitrogens with zero attached hydrogens (tertiary/aromatic N) is 1. The average Bonchev–Trinajstić information content (AvgIpc) is 2.50. The summed E-state index contributed by atoms with van der Waals surface area (Å²) in [5.41, 5.74) is 0.466. The van der Waals surface area contributed by atoms with E-state index in [1.165, 1.54) is 0 Å². The maximum Gasteiger partial charge on any atom is 0.415 e. The summed E-state index contributed by atoms with van der Waals surface area (Å²) >= 11 is 8.71. The van der Waals surface area contributed by atoms with Gasteiger partial charge in [-0.2, -0.15) is 0 Å². The van der Waals surface area contributed by atoms with E-state index in [0.29, 0.717) is 29.9 Å². The molecule has 22 heavy (non-hydrogen) atoms. The van der Waals surface area contributed by atoms with Gasteiger partial charge < -0.3 is 14.4 Å². The van der Waals surface area contributed by atoms with Crippen molar-refractivity contribution >= 4 is 45.4 Å². The molecular formula is C14H18BrClN2O4. The van der Waals surface area contributed by atoms with Crippen LogP contribution in [-0.2, 0) is 4.74 Å². The number of halogens is 2. The lowest BCUT2D eigenvalue weighted by Crippen LogP contribution is -2.34. The Morgan fingerprint density at radius 1 is 1.41 bits per heavy atom. The van der Waals surface area contributed by atoms with Gasteiger partial charge in [0.05, 0.1) is 5.88 Å². The Morgan fingerprint density at radius 3 is 2.82 bits per heavy atom. The molecule has 1 aromatic rings. The Morgan fingerprint density at radius 2 is 2.18 bits per heavy atom. The molecule has 1 N–H and O–H groups in total. The van der Waals surface area contributed by atoms with Gasteiger partial charge in [0.2, 0.25) is 0 Å². The van der Waals surface area contributed by atoms with Gasteiger partial charge in [-0.05, 0) is 19.1 Å². The summed E-state index contributed by atoms with van der Waals surface area (Å²) in [4.78, 5) is 25.0. The van der Waals surface area contributed by atoms with Gasteiger partial charge in [-0.15, -0.1) is 11.6 Å². The summed E-state index contributed by atoms with van der Waals surface area (Å²) in [7, 11) is 0. The van der Waals surface area contributed by atoms with Crippen molar-refractivity contribution in [3.05, 3.63) is 24.3 Å². The highest BCUT2D eigenvalue weighted by Gasteiger charge is 2.13. The van der Waals surface area contributed by atoms with Crippen molar-refractivity contribution in [3.8, 4) is 5.75 Å². The van der Waals surface area contributed by atoms with Crippen LogP contribution >= 0.6 is 27.5 Å². The minimum absolute atomic E-state index is 0.125. The lowest BCUT2D eigenvalue weighted by Gasteiger charge is -2.19. The fourth-order valence-electron chi connectivity index (χ4n) is 1.57. The highest BCUT2D eigenvalue weighted by Crippen LogP contribution is 2.18. The van der Waals surface area contributed by atoms with Gasteiger partial charge in [0.25, 0.3) is 0 Å². The molecule has 1 rings (SSSR count). The number of benzene rings is 1. The second-order valence-electron chi connectivity index (χ2n) is 4.11. The first-order valence-electron chi connectivity index (χ1n) is 6.73. The van der Waals surface area contributed by atoms with Crippen molar-refractivity contribution in [1.82, 2.24) is 4.90 Å². The standard InChI is InChI=1S/C14H18BrClN2O4/c1-2-18(8-6-15)14(20)22-12-5-3-4-11(10-12)17-13(19)21-9-7-16/h3-5,10H,2,6-9H2,1H3,(H,17,19). The lowest BCUT2D eigenvalue weighted by atomic mass is 10.3. The third-order valence-corrected chi connectivity index (χ3v) is 3.10. The predicted octanol–water partition coefficient (Wildman–Crippen LogP) is 3.69. The van der Waals surface area contributed by atoms with E-state index in [1.807, 2.05) is 6.92 Å². The van der Waals surface area contributed by atoms with Gasteiger partial charge >= 0.3 is 12.2 Å². The molecule has 0 atom stereocenters. The van der Waals surface area contributed by atoms with Crippen LogP contribution in [0.1, 0.15) is 6.92 Å². The van der Waals surface area contributed by atoms with Crippen molar-refractivity contribution in [2.75, 3.05) is 36.2 Å². The summed E-state index contributed by atoms with van der Waals surface area (Å²) in [6.07, 6.45) is -1.05. The topological polar surface area (TPSA) is 67.9 Å². The lowest BCUT2D eigenvalue weighted by molar-refractivity contribution is 0.158.